The highest BCUT2D eigenvalue weighted by atomic mass is 35.5. The number of carbonyl (C=O) groups is 1. The van der Waals surface area contributed by atoms with Crippen LogP contribution >= 0.6 is 12.4 Å². The number of hydrogen-bond acceptors (Lipinski definition) is 5. The highest BCUT2D eigenvalue weighted by molar-refractivity contribution is 5.93. The molecule has 3 rings (SSSR count). The van der Waals surface area contributed by atoms with Crippen LogP contribution in [0.1, 0.15) is 29.0 Å². The summed E-state index contributed by atoms with van der Waals surface area (Å²) in [6, 6.07) is 6.04. The molecule has 2 heterocycles. The van der Waals surface area contributed by atoms with E-state index in [1.165, 1.54) is 16.8 Å². The van der Waals surface area contributed by atoms with Gasteiger partial charge in [-0.15, -0.1) is 17.5 Å². The lowest BCUT2D eigenvalue weighted by atomic mass is 9.96. The Labute approximate surface area is 168 Å². The zero-order valence-electron chi connectivity index (χ0n) is 15.8. The number of nitrogens with zero attached hydrogens (tertiary/aromatic N) is 4. The van der Waals surface area contributed by atoms with Gasteiger partial charge < -0.3 is 15.0 Å². The number of amides is 1. The molecule has 7 nitrogen and oxygen atoms in total. The molecule has 0 aliphatic carbocycles. The van der Waals surface area contributed by atoms with Crippen LogP contribution in [0.15, 0.2) is 24.3 Å². The Morgan fingerprint density at radius 2 is 1.93 bits per heavy atom. The Bertz CT molecular complexity index is 777. The Morgan fingerprint density at radius 1 is 1.29 bits per heavy atom. The number of ether oxygens (including phenoxy) is 1. The van der Waals surface area contributed by atoms with E-state index in [0.717, 1.165) is 19.4 Å². The molecule has 0 atom stereocenters. The molecule has 2 aromatic rings. The van der Waals surface area contributed by atoms with E-state index >= 15 is 0 Å². The maximum Gasteiger partial charge on any atom is 0.387 e. The molecule has 154 valence electrons. The van der Waals surface area contributed by atoms with E-state index in [1.54, 1.807) is 19.1 Å². The fourth-order valence-corrected chi connectivity index (χ4v) is 3.32. The molecule has 0 spiro atoms. The van der Waals surface area contributed by atoms with Crippen LogP contribution in [0.5, 0.6) is 5.75 Å². The van der Waals surface area contributed by atoms with Crippen LogP contribution in [-0.4, -0.2) is 59.1 Å². The van der Waals surface area contributed by atoms with Crippen molar-refractivity contribution >= 4 is 18.3 Å². The summed E-state index contributed by atoms with van der Waals surface area (Å²) in [5, 5.41) is 11.3. The molecule has 1 aliphatic rings. The third-order valence-corrected chi connectivity index (χ3v) is 4.80. The van der Waals surface area contributed by atoms with E-state index in [-0.39, 0.29) is 24.1 Å². The number of halogens is 3. The van der Waals surface area contributed by atoms with Crippen molar-refractivity contribution in [2.45, 2.75) is 26.4 Å². The molecule has 0 unspecified atom stereocenters. The van der Waals surface area contributed by atoms with Crippen molar-refractivity contribution in [3.8, 4) is 11.4 Å². The van der Waals surface area contributed by atoms with Gasteiger partial charge in [0, 0.05) is 13.1 Å². The van der Waals surface area contributed by atoms with E-state index in [2.05, 4.69) is 20.4 Å². The first-order valence-electron chi connectivity index (χ1n) is 8.91. The average Bonchev–Trinajstić information content (AvgIpc) is 3.04. The summed E-state index contributed by atoms with van der Waals surface area (Å²) in [4.78, 5) is 14.6. The Hall–Kier alpha value is -2.26. The molecule has 0 radical (unpaired) electrons. The normalized spacial score (nSPS) is 14.8. The predicted molar refractivity (Wildman–Crippen MR) is 103 cm³/mol. The number of aromatic nitrogens is 3. The van der Waals surface area contributed by atoms with Crippen LogP contribution in [0.3, 0.4) is 0 Å². The molecule has 1 amide bonds. The van der Waals surface area contributed by atoms with Crippen LogP contribution in [-0.2, 0) is 0 Å². The summed E-state index contributed by atoms with van der Waals surface area (Å²) in [5.74, 6) is 0.524. The molecule has 1 aromatic heterocycles. The molecule has 0 bridgehead atoms. The second kappa shape index (κ2) is 9.79. The van der Waals surface area contributed by atoms with E-state index in [9.17, 15) is 13.6 Å². The van der Waals surface area contributed by atoms with Crippen LogP contribution in [0.25, 0.3) is 5.69 Å². The van der Waals surface area contributed by atoms with E-state index in [0.29, 0.717) is 36.1 Å². The number of carbonyl (C=O) groups excluding carboxylic acids is 1. The summed E-state index contributed by atoms with van der Waals surface area (Å²) in [7, 11) is 1.94. The molecule has 1 N–H and O–H groups in total. The van der Waals surface area contributed by atoms with Gasteiger partial charge in [-0.3, -0.25) is 4.79 Å². The zero-order valence-corrected chi connectivity index (χ0v) is 16.6. The molecule has 1 fully saturated rings. The lowest BCUT2D eigenvalue weighted by Gasteiger charge is -2.31. The van der Waals surface area contributed by atoms with E-state index < -0.39 is 6.61 Å². The van der Waals surface area contributed by atoms with Crippen molar-refractivity contribution in [2.75, 3.05) is 26.7 Å². The van der Waals surface area contributed by atoms with Crippen molar-refractivity contribution in [3.05, 3.63) is 35.7 Å². The minimum Gasteiger partial charge on any atom is -0.435 e. The first-order chi connectivity index (χ1) is 13.0. The van der Waals surface area contributed by atoms with Crippen LogP contribution in [0, 0.1) is 12.8 Å². The molecule has 10 heteroatoms. The largest absolute Gasteiger partial charge is 0.435 e. The van der Waals surface area contributed by atoms with Gasteiger partial charge in [0.05, 0.1) is 11.4 Å². The topological polar surface area (TPSA) is 72.3 Å². The Balaban J connectivity index is 0.00000280. The highest BCUT2D eigenvalue weighted by Gasteiger charge is 2.27. The molecule has 1 saturated heterocycles. The van der Waals surface area contributed by atoms with E-state index in [1.807, 2.05) is 11.9 Å². The summed E-state index contributed by atoms with van der Waals surface area (Å²) < 4.78 is 30.4. The van der Waals surface area contributed by atoms with Crippen LogP contribution in [0.2, 0.25) is 0 Å². The minimum absolute atomic E-state index is 0. The van der Waals surface area contributed by atoms with Gasteiger partial charge in [-0.1, -0.05) is 5.21 Å². The molecular weight excluding hydrogens is 392 g/mol. The third-order valence-electron chi connectivity index (χ3n) is 4.80. The quantitative estimate of drug-likeness (QED) is 0.785. The number of alkyl halides is 2. The Morgan fingerprint density at radius 3 is 2.50 bits per heavy atom. The number of hydrogen-bond donors (Lipinski definition) is 1. The average molecular weight is 416 g/mol. The minimum atomic E-state index is -2.87. The lowest BCUT2D eigenvalue weighted by molar-refractivity contribution is -0.0498. The van der Waals surface area contributed by atoms with Gasteiger partial charge in [0.25, 0.3) is 5.91 Å². The fourth-order valence-electron chi connectivity index (χ4n) is 3.32. The maximum absolute atomic E-state index is 12.8. The fraction of sp³-hybridized carbons (Fsp3) is 0.500. The number of benzene rings is 1. The van der Waals surface area contributed by atoms with Gasteiger partial charge in [0.1, 0.15) is 5.75 Å². The van der Waals surface area contributed by atoms with Crippen molar-refractivity contribution in [1.29, 1.82) is 0 Å². The van der Waals surface area contributed by atoms with Crippen LogP contribution < -0.4 is 10.1 Å². The van der Waals surface area contributed by atoms with Crippen molar-refractivity contribution in [1.82, 2.24) is 25.2 Å². The molecule has 1 aromatic carbocycles. The van der Waals surface area contributed by atoms with Gasteiger partial charge in [0.2, 0.25) is 0 Å². The van der Waals surface area contributed by atoms with E-state index in [4.69, 9.17) is 0 Å². The smallest absolute Gasteiger partial charge is 0.387 e. The molecular formula is C18H24ClF2N5O2. The summed E-state index contributed by atoms with van der Waals surface area (Å²) >= 11 is 0. The number of rotatable bonds is 6. The Kier molecular flexibility index (Phi) is 7.70. The molecule has 1 aliphatic heterocycles. The standard InChI is InChI=1S/C18H23F2N5O2.ClH/c1-12-16(17(26)24-9-7-13(8-10-24)11-21-2)22-23-25(12)14-3-5-15(6-4-14)27-18(19)20;/h3-6,13,18,21H,7-11H2,1-2H3;1H. The predicted octanol–water partition coefficient (Wildman–Crippen LogP) is 2.67. The SMILES string of the molecule is CNCC1CCN(C(=O)c2nnn(-c3ccc(OC(F)F)cc3)c2C)CC1.Cl. The lowest BCUT2D eigenvalue weighted by Crippen LogP contribution is -2.40. The van der Waals surface area contributed by atoms with Gasteiger partial charge in [-0.2, -0.15) is 8.78 Å². The highest BCUT2D eigenvalue weighted by Crippen LogP contribution is 2.21. The van der Waals surface area contributed by atoms with Gasteiger partial charge >= 0.3 is 6.61 Å². The number of piperidine rings is 1. The van der Waals surface area contributed by atoms with Crippen molar-refractivity contribution < 1.29 is 18.3 Å². The van der Waals surface area contributed by atoms with Gasteiger partial charge in [-0.05, 0) is 63.5 Å². The summed E-state index contributed by atoms with van der Waals surface area (Å²) in [6.07, 6.45) is 1.93. The zero-order chi connectivity index (χ0) is 19.4. The van der Waals surface area contributed by atoms with Crippen molar-refractivity contribution in [2.24, 2.45) is 5.92 Å². The summed E-state index contributed by atoms with van der Waals surface area (Å²) in [5.41, 5.74) is 1.54. The molecule has 28 heavy (non-hydrogen) atoms. The first kappa shape index (κ1) is 22.0. The first-order valence-corrected chi connectivity index (χ1v) is 8.91. The van der Waals surface area contributed by atoms with Crippen molar-refractivity contribution in [3.63, 3.8) is 0 Å². The third kappa shape index (κ3) is 4.96. The second-order valence-corrected chi connectivity index (χ2v) is 6.60. The van der Waals surface area contributed by atoms with Gasteiger partial charge in [-0.25, -0.2) is 4.68 Å². The molecule has 0 saturated carbocycles. The number of likely N-dealkylation sites (tertiary alicyclic amines) is 1. The monoisotopic (exact) mass is 415 g/mol. The van der Waals surface area contributed by atoms with Crippen LogP contribution in [0.4, 0.5) is 8.78 Å². The summed E-state index contributed by atoms with van der Waals surface area (Å²) in [6.45, 7) is 1.27. The maximum atomic E-state index is 12.8. The number of nitrogens with one attached hydrogen (secondary N) is 1. The second-order valence-electron chi connectivity index (χ2n) is 6.60. The van der Waals surface area contributed by atoms with Gasteiger partial charge in [0.15, 0.2) is 5.69 Å².